The molecule has 3 aromatic carbocycles. The van der Waals surface area contributed by atoms with Crippen LogP contribution in [0.5, 0.6) is 11.5 Å². The van der Waals surface area contributed by atoms with Crippen LogP contribution in [0.4, 0.5) is 5.69 Å². The molecule has 3 aromatic rings. The number of carbonyl (C=O) groups excluding carboxylic acids is 1. The van der Waals surface area contributed by atoms with Gasteiger partial charge in [-0.25, -0.2) is 0 Å². The molecule has 0 saturated heterocycles. The van der Waals surface area contributed by atoms with Gasteiger partial charge in [0.25, 0.3) is 5.91 Å². The highest BCUT2D eigenvalue weighted by molar-refractivity contribution is 5.96. The van der Waals surface area contributed by atoms with Crippen molar-refractivity contribution in [2.75, 3.05) is 19.0 Å². The Morgan fingerprint density at radius 3 is 2.46 bits per heavy atom. The van der Waals surface area contributed by atoms with Crippen LogP contribution >= 0.6 is 0 Å². The molecule has 4 nitrogen and oxygen atoms in total. The number of allylic oxidation sites excluding steroid dienone is 1. The number of hydrogen-bond acceptors (Lipinski definition) is 3. The lowest BCUT2D eigenvalue weighted by molar-refractivity contribution is -0.118. The van der Waals surface area contributed by atoms with Gasteiger partial charge in [0.15, 0.2) is 18.1 Å². The Kier molecular flexibility index (Phi) is 6.47. The van der Waals surface area contributed by atoms with E-state index in [1.165, 1.54) is 0 Å². The lowest BCUT2D eigenvalue weighted by Gasteiger charge is -2.13. The summed E-state index contributed by atoms with van der Waals surface area (Å²) in [7, 11) is 1.58. The molecule has 0 aliphatic heterocycles. The van der Waals surface area contributed by atoms with Gasteiger partial charge in [-0.05, 0) is 36.2 Å². The van der Waals surface area contributed by atoms with E-state index in [4.69, 9.17) is 9.47 Å². The number of carbonyl (C=O) groups is 1. The molecule has 0 radical (unpaired) electrons. The van der Waals surface area contributed by atoms with E-state index >= 15 is 0 Å². The van der Waals surface area contributed by atoms with E-state index in [2.05, 4.69) is 5.32 Å². The number of ether oxygens (including phenoxy) is 2. The van der Waals surface area contributed by atoms with Crippen molar-refractivity contribution in [2.45, 2.75) is 6.92 Å². The molecule has 1 N–H and O–H groups in total. The average Bonchev–Trinajstić information content (AvgIpc) is 2.74. The second-order valence-electron chi connectivity index (χ2n) is 6.16. The highest BCUT2D eigenvalue weighted by Crippen LogP contribution is 2.29. The molecule has 0 aliphatic rings. The van der Waals surface area contributed by atoms with E-state index in [9.17, 15) is 4.79 Å². The summed E-state index contributed by atoms with van der Waals surface area (Å²) in [6, 6.07) is 23.2. The Morgan fingerprint density at radius 2 is 1.71 bits per heavy atom. The van der Waals surface area contributed by atoms with Crippen molar-refractivity contribution < 1.29 is 14.3 Å². The lowest BCUT2D eigenvalue weighted by Crippen LogP contribution is -2.20. The lowest BCUT2D eigenvalue weighted by atomic mass is 10.0. The number of anilines is 1. The van der Waals surface area contributed by atoms with Crippen molar-refractivity contribution in [3.63, 3.8) is 0 Å². The molecule has 0 aliphatic carbocycles. The average molecular weight is 373 g/mol. The molecule has 0 fully saturated rings. The van der Waals surface area contributed by atoms with Crippen molar-refractivity contribution in [1.82, 2.24) is 0 Å². The summed E-state index contributed by atoms with van der Waals surface area (Å²) < 4.78 is 11.0. The van der Waals surface area contributed by atoms with Crippen molar-refractivity contribution in [3.05, 3.63) is 84.4 Å². The Balaban J connectivity index is 1.69. The molecule has 3 rings (SSSR count). The minimum Gasteiger partial charge on any atom is -0.493 e. The third kappa shape index (κ3) is 4.80. The largest absolute Gasteiger partial charge is 0.493 e. The molecule has 28 heavy (non-hydrogen) atoms. The van der Waals surface area contributed by atoms with Crippen LogP contribution in [-0.4, -0.2) is 19.6 Å². The summed E-state index contributed by atoms with van der Waals surface area (Å²) in [4.78, 5) is 12.5. The van der Waals surface area contributed by atoms with Gasteiger partial charge in [0, 0.05) is 11.3 Å². The van der Waals surface area contributed by atoms with Gasteiger partial charge in [-0.1, -0.05) is 66.7 Å². The smallest absolute Gasteiger partial charge is 0.262 e. The standard InChI is InChI=1S/C24H23NO3/c1-3-9-18-14-15-22(23(16-18)27-2)28-17-24(26)25-21-13-8-7-12-20(21)19-10-5-4-6-11-19/h3-16H,17H2,1-2H3,(H,25,26)/b9-3-. The van der Waals surface area contributed by atoms with Gasteiger partial charge in [0.2, 0.25) is 0 Å². The zero-order chi connectivity index (χ0) is 19.8. The van der Waals surface area contributed by atoms with E-state index in [-0.39, 0.29) is 12.5 Å². The highest BCUT2D eigenvalue weighted by Gasteiger charge is 2.11. The molecule has 0 bridgehead atoms. The van der Waals surface area contributed by atoms with Crippen molar-refractivity contribution in [2.24, 2.45) is 0 Å². The van der Waals surface area contributed by atoms with Crippen molar-refractivity contribution >= 4 is 17.7 Å². The zero-order valence-corrected chi connectivity index (χ0v) is 16.0. The van der Waals surface area contributed by atoms with Crippen LogP contribution in [0.25, 0.3) is 17.2 Å². The number of amides is 1. The number of hydrogen-bond donors (Lipinski definition) is 1. The second kappa shape index (κ2) is 9.42. The quantitative estimate of drug-likeness (QED) is 0.602. The fraction of sp³-hybridized carbons (Fsp3) is 0.125. The fourth-order valence-electron chi connectivity index (χ4n) is 2.89. The predicted octanol–water partition coefficient (Wildman–Crippen LogP) is 5.41. The first-order chi connectivity index (χ1) is 13.7. The maximum absolute atomic E-state index is 12.5. The number of benzene rings is 3. The summed E-state index contributed by atoms with van der Waals surface area (Å²) in [5.41, 5.74) is 3.76. The summed E-state index contributed by atoms with van der Waals surface area (Å²) in [6.45, 7) is 1.84. The Labute approximate surface area is 165 Å². The van der Waals surface area contributed by atoms with Crippen LogP contribution < -0.4 is 14.8 Å². The maximum atomic E-state index is 12.5. The minimum absolute atomic E-state index is 0.109. The molecule has 142 valence electrons. The van der Waals surface area contributed by atoms with Gasteiger partial charge in [-0.15, -0.1) is 0 Å². The molecular formula is C24H23NO3. The van der Waals surface area contributed by atoms with Gasteiger partial charge in [-0.2, -0.15) is 0 Å². The topological polar surface area (TPSA) is 47.6 Å². The molecule has 0 saturated carbocycles. The normalized spacial score (nSPS) is 10.6. The Bertz CT molecular complexity index is 965. The number of para-hydroxylation sites is 1. The monoisotopic (exact) mass is 373 g/mol. The number of nitrogens with one attached hydrogen (secondary N) is 1. The molecule has 0 spiro atoms. The van der Waals surface area contributed by atoms with Crippen molar-refractivity contribution in [1.29, 1.82) is 0 Å². The molecular weight excluding hydrogens is 350 g/mol. The first kappa shape index (κ1) is 19.2. The number of methoxy groups -OCH3 is 1. The predicted molar refractivity (Wildman–Crippen MR) is 114 cm³/mol. The maximum Gasteiger partial charge on any atom is 0.262 e. The van der Waals surface area contributed by atoms with Crippen LogP contribution in [0.3, 0.4) is 0 Å². The van der Waals surface area contributed by atoms with Gasteiger partial charge in [0.1, 0.15) is 0 Å². The highest BCUT2D eigenvalue weighted by atomic mass is 16.5. The van der Waals surface area contributed by atoms with E-state index < -0.39 is 0 Å². The summed E-state index contributed by atoms with van der Waals surface area (Å²) >= 11 is 0. The minimum atomic E-state index is -0.233. The summed E-state index contributed by atoms with van der Waals surface area (Å²) in [6.07, 6.45) is 3.92. The van der Waals surface area contributed by atoms with E-state index in [0.29, 0.717) is 11.5 Å². The van der Waals surface area contributed by atoms with Gasteiger partial charge in [0.05, 0.1) is 7.11 Å². The first-order valence-corrected chi connectivity index (χ1v) is 9.09. The van der Waals surface area contributed by atoms with E-state index in [0.717, 1.165) is 22.4 Å². The number of rotatable bonds is 7. The van der Waals surface area contributed by atoms with Gasteiger partial charge in [-0.3, -0.25) is 4.79 Å². The summed E-state index contributed by atoms with van der Waals surface area (Å²) in [5.74, 6) is 0.887. The van der Waals surface area contributed by atoms with Crippen LogP contribution in [0.2, 0.25) is 0 Å². The fourth-order valence-corrected chi connectivity index (χ4v) is 2.89. The van der Waals surface area contributed by atoms with Crippen LogP contribution in [0.15, 0.2) is 78.9 Å². The van der Waals surface area contributed by atoms with Crippen LogP contribution in [0, 0.1) is 0 Å². The zero-order valence-electron chi connectivity index (χ0n) is 16.0. The van der Waals surface area contributed by atoms with E-state index in [1.54, 1.807) is 13.2 Å². The Hall–Kier alpha value is -3.53. The van der Waals surface area contributed by atoms with E-state index in [1.807, 2.05) is 85.8 Å². The molecule has 0 heterocycles. The van der Waals surface area contributed by atoms with Crippen molar-refractivity contribution in [3.8, 4) is 22.6 Å². The molecule has 0 aromatic heterocycles. The molecule has 1 amide bonds. The first-order valence-electron chi connectivity index (χ1n) is 9.09. The Morgan fingerprint density at radius 1 is 0.964 bits per heavy atom. The summed E-state index contributed by atoms with van der Waals surface area (Å²) in [5, 5.41) is 2.93. The second-order valence-corrected chi connectivity index (χ2v) is 6.16. The SMILES string of the molecule is C/C=C\c1ccc(OCC(=O)Nc2ccccc2-c2ccccc2)c(OC)c1. The van der Waals surface area contributed by atoms with Crippen LogP contribution in [-0.2, 0) is 4.79 Å². The third-order valence-corrected chi connectivity index (χ3v) is 4.19. The molecule has 4 heteroatoms. The van der Waals surface area contributed by atoms with Crippen LogP contribution in [0.1, 0.15) is 12.5 Å². The van der Waals surface area contributed by atoms with Gasteiger partial charge >= 0.3 is 0 Å². The third-order valence-electron chi connectivity index (χ3n) is 4.19. The molecule has 0 atom stereocenters. The van der Waals surface area contributed by atoms with Gasteiger partial charge < -0.3 is 14.8 Å². The molecule has 0 unspecified atom stereocenters.